The lowest BCUT2D eigenvalue weighted by Gasteiger charge is -2.23. The number of aromatic nitrogens is 1. The number of rotatable bonds is 6. The SMILES string of the molecule is C=CCOc1cccc([C@H]2/C(=C(\O)c3ccc4c(c3)C[C@@H](C)O4)C(=O)C(=O)N2c2nc3ccc(Cl)cc3s2)c1. The van der Waals surface area contributed by atoms with E-state index in [0.29, 0.717) is 39.0 Å². The summed E-state index contributed by atoms with van der Waals surface area (Å²) in [5.41, 5.74) is 2.58. The van der Waals surface area contributed by atoms with Crippen molar-refractivity contribution in [2.24, 2.45) is 0 Å². The van der Waals surface area contributed by atoms with Crippen LogP contribution in [0.3, 0.4) is 0 Å². The first-order valence-corrected chi connectivity index (χ1v) is 13.5. The molecule has 0 spiro atoms. The molecule has 2 aliphatic rings. The minimum atomic E-state index is -0.934. The van der Waals surface area contributed by atoms with Gasteiger partial charge in [0, 0.05) is 17.0 Å². The van der Waals surface area contributed by atoms with E-state index in [1.807, 2.05) is 13.0 Å². The molecular weight excluding hydrogens is 536 g/mol. The number of hydrogen-bond acceptors (Lipinski definition) is 7. The van der Waals surface area contributed by atoms with Gasteiger partial charge in [0.15, 0.2) is 5.13 Å². The average molecular weight is 559 g/mol. The molecule has 4 aromatic rings. The van der Waals surface area contributed by atoms with Crippen LogP contribution in [0.2, 0.25) is 5.02 Å². The van der Waals surface area contributed by atoms with E-state index in [1.54, 1.807) is 60.7 Å². The van der Waals surface area contributed by atoms with Crippen molar-refractivity contribution in [2.45, 2.75) is 25.5 Å². The topological polar surface area (TPSA) is 89.0 Å². The van der Waals surface area contributed by atoms with Crippen molar-refractivity contribution >= 4 is 55.7 Å². The Balaban J connectivity index is 1.53. The van der Waals surface area contributed by atoms with Gasteiger partial charge in [0.2, 0.25) is 0 Å². The Labute approximate surface area is 233 Å². The number of anilines is 1. The molecule has 1 N–H and O–H groups in total. The van der Waals surface area contributed by atoms with Gasteiger partial charge in [0.1, 0.15) is 30.0 Å². The van der Waals surface area contributed by atoms with Crippen LogP contribution in [0.4, 0.5) is 5.13 Å². The summed E-state index contributed by atoms with van der Waals surface area (Å²) in [5, 5.41) is 12.4. The molecule has 0 bridgehead atoms. The smallest absolute Gasteiger partial charge is 0.301 e. The zero-order valence-electron chi connectivity index (χ0n) is 20.9. The summed E-state index contributed by atoms with van der Waals surface area (Å²) in [4.78, 5) is 33.1. The van der Waals surface area contributed by atoms with Gasteiger partial charge in [-0.25, -0.2) is 4.98 Å². The normalized spacial score (nSPS) is 19.8. The number of ketones is 1. The first kappa shape index (κ1) is 25.2. The van der Waals surface area contributed by atoms with Crippen molar-refractivity contribution in [3.05, 3.63) is 101 Å². The second-order valence-corrected chi connectivity index (χ2v) is 10.9. The molecule has 1 aromatic heterocycles. The lowest BCUT2D eigenvalue weighted by molar-refractivity contribution is -0.132. The summed E-state index contributed by atoms with van der Waals surface area (Å²) in [6.07, 6.45) is 2.34. The van der Waals surface area contributed by atoms with Crippen LogP contribution in [0.15, 0.2) is 78.9 Å². The summed E-state index contributed by atoms with van der Waals surface area (Å²) in [6, 6.07) is 16.7. The van der Waals surface area contributed by atoms with Crippen LogP contribution >= 0.6 is 22.9 Å². The Morgan fingerprint density at radius 3 is 2.90 bits per heavy atom. The van der Waals surface area contributed by atoms with E-state index in [0.717, 1.165) is 16.0 Å². The number of nitrogens with zero attached hydrogens (tertiary/aromatic N) is 2. The third-order valence-corrected chi connectivity index (χ3v) is 7.95. The maximum absolute atomic E-state index is 13.6. The van der Waals surface area contributed by atoms with E-state index >= 15 is 0 Å². The number of Topliss-reactive ketones (excluding diaryl/α,β-unsaturated/α-hetero) is 1. The lowest BCUT2D eigenvalue weighted by Crippen LogP contribution is -2.29. The van der Waals surface area contributed by atoms with Gasteiger partial charge in [-0.1, -0.05) is 47.7 Å². The second kappa shape index (κ2) is 9.87. The lowest BCUT2D eigenvalue weighted by atomic mass is 9.94. The van der Waals surface area contributed by atoms with Crippen LogP contribution in [-0.2, 0) is 16.0 Å². The van der Waals surface area contributed by atoms with Gasteiger partial charge in [0.25, 0.3) is 5.78 Å². The molecule has 39 heavy (non-hydrogen) atoms. The van der Waals surface area contributed by atoms with E-state index in [4.69, 9.17) is 21.1 Å². The number of hydrogen-bond donors (Lipinski definition) is 1. The predicted molar refractivity (Wildman–Crippen MR) is 152 cm³/mol. The predicted octanol–water partition coefficient (Wildman–Crippen LogP) is 6.46. The monoisotopic (exact) mass is 558 g/mol. The van der Waals surface area contributed by atoms with Gasteiger partial charge in [-0.3, -0.25) is 14.5 Å². The number of fused-ring (bicyclic) bond motifs is 2. The number of halogens is 1. The molecule has 0 aliphatic carbocycles. The Morgan fingerprint density at radius 2 is 2.08 bits per heavy atom. The maximum atomic E-state index is 13.6. The van der Waals surface area contributed by atoms with Gasteiger partial charge >= 0.3 is 5.91 Å². The Hall–Kier alpha value is -4.14. The molecule has 1 amide bonds. The zero-order valence-corrected chi connectivity index (χ0v) is 22.5. The fourth-order valence-corrected chi connectivity index (χ4v) is 6.26. The molecule has 2 atom stereocenters. The molecule has 7 nitrogen and oxygen atoms in total. The molecule has 0 unspecified atom stereocenters. The Bertz CT molecular complexity index is 1690. The summed E-state index contributed by atoms with van der Waals surface area (Å²) < 4.78 is 12.3. The maximum Gasteiger partial charge on any atom is 0.301 e. The number of aliphatic hydroxyl groups is 1. The molecule has 1 fully saturated rings. The summed E-state index contributed by atoms with van der Waals surface area (Å²) in [6.45, 7) is 5.94. The molecule has 0 radical (unpaired) electrons. The van der Waals surface area contributed by atoms with Crippen molar-refractivity contribution in [3.8, 4) is 11.5 Å². The van der Waals surface area contributed by atoms with E-state index in [9.17, 15) is 14.7 Å². The number of carbonyl (C=O) groups excluding carboxylic acids is 2. The van der Waals surface area contributed by atoms with E-state index in [-0.39, 0.29) is 24.0 Å². The van der Waals surface area contributed by atoms with E-state index in [1.165, 1.54) is 16.2 Å². The second-order valence-electron chi connectivity index (χ2n) is 9.40. The Kier molecular flexibility index (Phi) is 6.37. The van der Waals surface area contributed by atoms with Gasteiger partial charge in [-0.15, -0.1) is 0 Å². The molecule has 9 heteroatoms. The number of benzene rings is 3. The largest absolute Gasteiger partial charge is 0.507 e. The average Bonchev–Trinajstić information content (AvgIpc) is 3.59. The van der Waals surface area contributed by atoms with Gasteiger partial charge < -0.3 is 14.6 Å². The Morgan fingerprint density at radius 1 is 1.23 bits per heavy atom. The fraction of sp³-hybridized carbons (Fsp3) is 0.167. The molecular formula is C30H23ClN2O5S. The van der Waals surface area contributed by atoms with Crippen LogP contribution < -0.4 is 14.4 Å². The first-order chi connectivity index (χ1) is 18.8. The zero-order chi connectivity index (χ0) is 27.3. The highest BCUT2D eigenvalue weighted by Gasteiger charge is 2.48. The van der Waals surface area contributed by atoms with Crippen molar-refractivity contribution in [3.63, 3.8) is 0 Å². The first-order valence-electron chi connectivity index (χ1n) is 12.3. The molecule has 6 rings (SSSR count). The molecule has 3 aromatic carbocycles. The third-order valence-electron chi connectivity index (χ3n) is 6.70. The number of thiazole rings is 1. The number of ether oxygens (including phenoxy) is 2. The standard InChI is InChI=1S/C30H23ClN2O5S/c1-3-11-37-21-6-4-5-17(14-21)26-25(27(34)18-7-10-23-19(13-18)12-16(2)38-23)28(35)29(36)33(26)30-32-22-9-8-20(31)15-24(22)39-30/h3-10,13-16,26,34H,1,11-12H2,2H3/b27-25+/t16-,26+/m1/s1. The molecule has 2 aliphatic heterocycles. The van der Waals surface area contributed by atoms with Gasteiger partial charge in [-0.05, 0) is 66.6 Å². The van der Waals surface area contributed by atoms with Crippen molar-refractivity contribution in [1.29, 1.82) is 0 Å². The molecule has 196 valence electrons. The van der Waals surface area contributed by atoms with Gasteiger partial charge in [0.05, 0.1) is 21.8 Å². The van der Waals surface area contributed by atoms with Gasteiger partial charge in [-0.2, -0.15) is 0 Å². The van der Waals surface area contributed by atoms with E-state index < -0.39 is 17.7 Å². The van der Waals surface area contributed by atoms with Crippen LogP contribution in [0.25, 0.3) is 16.0 Å². The van der Waals surface area contributed by atoms with E-state index in [2.05, 4.69) is 11.6 Å². The summed E-state index contributed by atoms with van der Waals surface area (Å²) in [7, 11) is 0. The van der Waals surface area contributed by atoms with Crippen LogP contribution in [0.5, 0.6) is 11.5 Å². The summed E-state index contributed by atoms with van der Waals surface area (Å²) >= 11 is 7.43. The van der Waals surface area contributed by atoms with Crippen molar-refractivity contribution in [1.82, 2.24) is 4.98 Å². The third kappa shape index (κ3) is 4.45. The van der Waals surface area contributed by atoms with Crippen LogP contribution in [0.1, 0.15) is 29.7 Å². The number of aliphatic hydroxyl groups excluding tert-OH is 1. The minimum absolute atomic E-state index is 0.0221. The van der Waals surface area contributed by atoms with Crippen molar-refractivity contribution < 1.29 is 24.2 Å². The quantitative estimate of drug-likeness (QED) is 0.126. The van der Waals surface area contributed by atoms with Crippen LogP contribution in [0, 0.1) is 0 Å². The highest BCUT2D eigenvalue weighted by atomic mass is 35.5. The van der Waals surface area contributed by atoms with Crippen LogP contribution in [-0.4, -0.2) is 34.5 Å². The molecule has 1 saturated heterocycles. The number of carbonyl (C=O) groups is 2. The minimum Gasteiger partial charge on any atom is -0.507 e. The van der Waals surface area contributed by atoms with Crippen molar-refractivity contribution in [2.75, 3.05) is 11.5 Å². The molecule has 0 saturated carbocycles. The fourth-order valence-electron chi connectivity index (χ4n) is 4.99. The number of amides is 1. The highest BCUT2D eigenvalue weighted by Crippen LogP contribution is 2.45. The highest BCUT2D eigenvalue weighted by molar-refractivity contribution is 7.22. The molecule has 3 heterocycles. The summed E-state index contributed by atoms with van der Waals surface area (Å²) in [5.74, 6) is -0.543.